The number of hydrogen-bond acceptors (Lipinski definition) is 5. The Kier molecular flexibility index (Phi) is 4.53. The zero-order valence-electron chi connectivity index (χ0n) is 16.0. The van der Waals surface area contributed by atoms with Crippen LogP contribution in [0.3, 0.4) is 0 Å². The summed E-state index contributed by atoms with van der Waals surface area (Å²) in [5.74, 6) is 0.308. The van der Waals surface area contributed by atoms with E-state index in [2.05, 4.69) is 25.6 Å². The molecule has 5 rings (SSSR count). The van der Waals surface area contributed by atoms with E-state index >= 15 is 0 Å². The molecular weight excluding hydrogens is 380 g/mol. The fourth-order valence-electron chi connectivity index (χ4n) is 3.24. The van der Waals surface area contributed by atoms with Crippen LogP contribution < -0.4 is 5.32 Å². The van der Waals surface area contributed by atoms with Crippen LogP contribution in [-0.2, 0) is 17.9 Å². The van der Waals surface area contributed by atoms with Crippen LogP contribution in [0, 0.1) is 0 Å². The minimum absolute atomic E-state index is 0.0815. The highest BCUT2D eigenvalue weighted by molar-refractivity contribution is 5.89. The van der Waals surface area contributed by atoms with Gasteiger partial charge >= 0.3 is 0 Å². The summed E-state index contributed by atoms with van der Waals surface area (Å²) in [6, 6.07) is 13.6. The summed E-state index contributed by atoms with van der Waals surface area (Å²) in [5, 5.41) is 15.8. The van der Waals surface area contributed by atoms with Crippen molar-refractivity contribution >= 4 is 17.4 Å². The van der Waals surface area contributed by atoms with Gasteiger partial charge in [-0.1, -0.05) is 30.3 Å². The molecule has 0 aliphatic rings. The van der Waals surface area contributed by atoms with Crippen molar-refractivity contribution in [3.05, 3.63) is 85.2 Å². The topological polar surface area (TPSA) is 94.9 Å². The Morgan fingerprint density at radius 2 is 1.87 bits per heavy atom. The largest absolute Gasteiger partial charge is 0.308 e. The first kappa shape index (κ1) is 17.8. The van der Waals surface area contributed by atoms with Crippen molar-refractivity contribution in [3.8, 4) is 11.1 Å². The first-order chi connectivity index (χ1) is 14.7. The highest BCUT2D eigenvalue weighted by atomic mass is 16.2. The average molecular weight is 398 g/mol. The summed E-state index contributed by atoms with van der Waals surface area (Å²) in [7, 11) is 0. The number of amides is 1. The van der Waals surface area contributed by atoms with Crippen LogP contribution in [-0.4, -0.2) is 40.1 Å². The summed E-state index contributed by atoms with van der Waals surface area (Å²) < 4.78 is 5.07. The third kappa shape index (κ3) is 3.68. The lowest BCUT2D eigenvalue weighted by Gasteiger charge is -2.03. The molecule has 1 N–H and O–H groups in total. The predicted molar refractivity (Wildman–Crippen MR) is 111 cm³/mol. The molecule has 148 valence electrons. The van der Waals surface area contributed by atoms with Crippen LogP contribution in [0.2, 0.25) is 0 Å². The molecule has 0 bridgehead atoms. The molecule has 1 amide bonds. The van der Waals surface area contributed by atoms with Gasteiger partial charge in [0.1, 0.15) is 6.54 Å². The summed E-state index contributed by atoms with van der Waals surface area (Å²) in [6.07, 6.45) is 10.6. The molecule has 4 heterocycles. The Hall–Kier alpha value is -4.27. The first-order valence-corrected chi connectivity index (χ1v) is 9.43. The van der Waals surface area contributed by atoms with Crippen LogP contribution >= 0.6 is 0 Å². The maximum Gasteiger partial charge on any atom is 0.247 e. The molecule has 0 atom stereocenters. The number of nitrogens with zero attached hydrogens (tertiary/aromatic N) is 7. The molecule has 0 fully saturated rings. The molecule has 4 aromatic heterocycles. The quantitative estimate of drug-likeness (QED) is 0.474. The number of benzene rings is 1. The van der Waals surface area contributed by atoms with Gasteiger partial charge in [-0.05, 0) is 11.6 Å². The molecule has 9 heteroatoms. The maximum atomic E-state index is 12.4. The Morgan fingerprint density at radius 3 is 2.77 bits per heavy atom. The summed E-state index contributed by atoms with van der Waals surface area (Å²) in [6.45, 7) is 0.727. The van der Waals surface area contributed by atoms with E-state index in [1.165, 1.54) is 0 Å². The lowest BCUT2D eigenvalue weighted by molar-refractivity contribution is -0.116. The predicted octanol–water partition coefficient (Wildman–Crippen LogP) is 2.48. The maximum absolute atomic E-state index is 12.4. The lowest BCUT2D eigenvalue weighted by atomic mass is 10.2. The fourth-order valence-corrected chi connectivity index (χ4v) is 3.24. The molecule has 0 saturated carbocycles. The summed E-state index contributed by atoms with van der Waals surface area (Å²) in [5.41, 5.74) is 3.60. The zero-order valence-corrected chi connectivity index (χ0v) is 16.0. The molecule has 0 unspecified atom stereocenters. The second kappa shape index (κ2) is 7.63. The highest BCUT2D eigenvalue weighted by Crippen LogP contribution is 2.22. The molecular formula is C21H18N8O. The van der Waals surface area contributed by atoms with Crippen LogP contribution in [0.5, 0.6) is 0 Å². The second-order valence-electron chi connectivity index (χ2n) is 6.81. The smallest absolute Gasteiger partial charge is 0.247 e. The monoisotopic (exact) mass is 398 g/mol. The molecule has 9 nitrogen and oxygen atoms in total. The number of carbonyl (C=O) groups excluding carboxylic acids is 1. The highest BCUT2D eigenvalue weighted by Gasteiger charge is 2.12. The standard InChI is InChI=1S/C21H18N8O/c30-20(25-19-7-10-27(26-19)13-16-5-2-1-3-6-16)15-28-14-17(11-23-28)18-12-24-29-9-4-8-22-21(18)29/h1-12,14H,13,15H2,(H,25,26,30). The van der Waals surface area contributed by atoms with Gasteiger partial charge in [0.2, 0.25) is 5.91 Å². The van der Waals surface area contributed by atoms with E-state index < -0.39 is 0 Å². The zero-order chi connectivity index (χ0) is 20.3. The van der Waals surface area contributed by atoms with Gasteiger partial charge in [0, 0.05) is 42.0 Å². The average Bonchev–Trinajstić information content (AvgIpc) is 3.49. The number of hydrogen-bond donors (Lipinski definition) is 1. The van der Waals surface area contributed by atoms with E-state index in [9.17, 15) is 4.79 Å². The molecule has 0 radical (unpaired) electrons. The molecule has 0 saturated heterocycles. The number of anilines is 1. The third-order valence-corrected chi connectivity index (χ3v) is 4.62. The van der Waals surface area contributed by atoms with Gasteiger partial charge in [0.15, 0.2) is 11.5 Å². The Labute approximate surface area is 171 Å². The van der Waals surface area contributed by atoms with E-state index in [1.807, 2.05) is 48.8 Å². The van der Waals surface area contributed by atoms with Gasteiger partial charge in [-0.15, -0.1) is 0 Å². The van der Waals surface area contributed by atoms with Crippen LogP contribution in [0.4, 0.5) is 5.82 Å². The Balaban J connectivity index is 1.23. The van der Waals surface area contributed by atoms with Crippen LogP contribution in [0.25, 0.3) is 16.8 Å². The first-order valence-electron chi connectivity index (χ1n) is 9.43. The van der Waals surface area contributed by atoms with Gasteiger partial charge in [-0.2, -0.15) is 15.3 Å². The van der Waals surface area contributed by atoms with Crippen LogP contribution in [0.15, 0.2) is 79.6 Å². The van der Waals surface area contributed by atoms with Crippen molar-refractivity contribution < 1.29 is 4.79 Å². The Bertz CT molecular complexity index is 1300. The molecule has 0 aliphatic carbocycles. The molecule has 1 aromatic carbocycles. The molecule has 5 aromatic rings. The van der Waals surface area contributed by atoms with Crippen molar-refractivity contribution in [2.24, 2.45) is 0 Å². The number of carbonyl (C=O) groups is 1. The number of fused-ring (bicyclic) bond motifs is 1. The fraction of sp³-hybridized carbons (Fsp3) is 0.0952. The Morgan fingerprint density at radius 1 is 0.967 bits per heavy atom. The van der Waals surface area contributed by atoms with Gasteiger partial charge < -0.3 is 5.32 Å². The van der Waals surface area contributed by atoms with Crippen molar-refractivity contribution in [3.63, 3.8) is 0 Å². The van der Waals surface area contributed by atoms with Crippen LogP contribution in [0.1, 0.15) is 5.56 Å². The lowest BCUT2D eigenvalue weighted by Crippen LogP contribution is -2.19. The van der Waals surface area contributed by atoms with E-state index in [0.717, 1.165) is 22.3 Å². The van der Waals surface area contributed by atoms with Gasteiger partial charge in [0.25, 0.3) is 0 Å². The molecule has 0 aliphatic heterocycles. The SMILES string of the molecule is O=C(Cn1cc(-c2cnn3cccnc23)cn1)Nc1ccn(Cc2ccccc2)n1. The summed E-state index contributed by atoms with van der Waals surface area (Å²) in [4.78, 5) is 16.8. The number of nitrogens with one attached hydrogen (secondary N) is 1. The summed E-state index contributed by atoms with van der Waals surface area (Å²) >= 11 is 0. The van der Waals surface area contributed by atoms with Crippen molar-refractivity contribution in [2.45, 2.75) is 13.1 Å². The van der Waals surface area contributed by atoms with Gasteiger partial charge in [-0.3, -0.25) is 14.2 Å². The normalized spacial score (nSPS) is 11.1. The van der Waals surface area contributed by atoms with Gasteiger partial charge in [-0.25, -0.2) is 9.50 Å². The van der Waals surface area contributed by atoms with Gasteiger partial charge in [0.05, 0.1) is 18.9 Å². The second-order valence-corrected chi connectivity index (χ2v) is 6.81. The third-order valence-electron chi connectivity index (χ3n) is 4.62. The van der Waals surface area contributed by atoms with E-state index in [0.29, 0.717) is 12.4 Å². The minimum atomic E-state index is -0.201. The van der Waals surface area contributed by atoms with E-state index in [1.54, 1.807) is 44.7 Å². The van der Waals surface area contributed by atoms with Crippen molar-refractivity contribution in [1.82, 2.24) is 34.2 Å². The van der Waals surface area contributed by atoms with Crippen molar-refractivity contribution in [2.75, 3.05) is 5.32 Å². The molecule has 0 spiro atoms. The number of aromatic nitrogens is 7. The minimum Gasteiger partial charge on any atom is -0.308 e. The number of rotatable bonds is 6. The van der Waals surface area contributed by atoms with E-state index in [4.69, 9.17) is 0 Å². The van der Waals surface area contributed by atoms with E-state index in [-0.39, 0.29) is 12.5 Å². The molecule has 30 heavy (non-hydrogen) atoms. The van der Waals surface area contributed by atoms with Crippen molar-refractivity contribution in [1.29, 1.82) is 0 Å².